The summed E-state index contributed by atoms with van der Waals surface area (Å²) in [6, 6.07) is 12.0. The first-order valence-electron chi connectivity index (χ1n) is 9.02. The lowest BCUT2D eigenvalue weighted by Gasteiger charge is -2.16. The standard InChI is InChI=1S/C20H19N3O6/c1-2-29-20(26)13-6-8-15(9-7-13)21-19(25)14-10-18(24)22(12-14)16-4-3-5-17(11-16)23(27)28/h3-9,11,14H,2,10,12H2,1H3,(H,21,25)/t14-/m1/s1. The van der Waals surface area contributed by atoms with E-state index in [4.69, 9.17) is 4.74 Å². The Labute approximate surface area is 166 Å². The van der Waals surface area contributed by atoms with Crippen LogP contribution in [0, 0.1) is 16.0 Å². The van der Waals surface area contributed by atoms with Crippen LogP contribution in [0.1, 0.15) is 23.7 Å². The van der Waals surface area contributed by atoms with Crippen molar-refractivity contribution < 1.29 is 24.0 Å². The number of ether oxygens (including phenoxy) is 1. The summed E-state index contributed by atoms with van der Waals surface area (Å²) in [5.74, 6) is -1.65. The second-order valence-electron chi connectivity index (χ2n) is 6.47. The Hall–Kier alpha value is -3.75. The van der Waals surface area contributed by atoms with Gasteiger partial charge in [-0.15, -0.1) is 0 Å². The lowest BCUT2D eigenvalue weighted by atomic mass is 10.1. The van der Waals surface area contributed by atoms with Gasteiger partial charge in [0.15, 0.2) is 0 Å². The Morgan fingerprint density at radius 1 is 1.24 bits per heavy atom. The predicted molar refractivity (Wildman–Crippen MR) is 105 cm³/mol. The molecule has 9 nitrogen and oxygen atoms in total. The smallest absolute Gasteiger partial charge is 0.338 e. The molecule has 3 rings (SSSR count). The lowest BCUT2D eigenvalue weighted by molar-refractivity contribution is -0.384. The minimum absolute atomic E-state index is 0.00936. The molecular weight excluding hydrogens is 378 g/mol. The van der Waals surface area contributed by atoms with Crippen LogP contribution in [0.4, 0.5) is 17.1 Å². The topological polar surface area (TPSA) is 119 Å². The van der Waals surface area contributed by atoms with E-state index < -0.39 is 16.8 Å². The number of carbonyl (C=O) groups excluding carboxylic acids is 3. The van der Waals surface area contributed by atoms with E-state index >= 15 is 0 Å². The van der Waals surface area contributed by atoms with Gasteiger partial charge in [0.2, 0.25) is 11.8 Å². The summed E-state index contributed by atoms with van der Waals surface area (Å²) >= 11 is 0. The van der Waals surface area contributed by atoms with Gasteiger partial charge >= 0.3 is 5.97 Å². The SMILES string of the molecule is CCOC(=O)c1ccc(NC(=O)[C@@H]2CC(=O)N(c3cccc([N+](=O)[O-])c3)C2)cc1. The number of hydrogen-bond donors (Lipinski definition) is 1. The average molecular weight is 397 g/mol. The largest absolute Gasteiger partial charge is 0.462 e. The molecular formula is C20H19N3O6. The number of anilines is 2. The fourth-order valence-corrected chi connectivity index (χ4v) is 3.06. The molecule has 1 N–H and O–H groups in total. The number of esters is 1. The van der Waals surface area contributed by atoms with Crippen molar-refractivity contribution >= 4 is 34.8 Å². The molecule has 1 heterocycles. The third-order valence-corrected chi connectivity index (χ3v) is 4.51. The van der Waals surface area contributed by atoms with Gasteiger partial charge in [0.05, 0.1) is 28.7 Å². The number of nitro benzene ring substituents is 1. The van der Waals surface area contributed by atoms with Gasteiger partial charge in [-0.3, -0.25) is 19.7 Å². The van der Waals surface area contributed by atoms with Crippen molar-refractivity contribution in [1.29, 1.82) is 0 Å². The molecule has 1 fully saturated rings. The molecule has 2 aromatic rings. The molecule has 1 atom stereocenters. The van der Waals surface area contributed by atoms with Crippen LogP contribution < -0.4 is 10.2 Å². The normalized spacial score (nSPS) is 15.8. The van der Waals surface area contributed by atoms with Crippen molar-refractivity contribution in [3.05, 3.63) is 64.2 Å². The summed E-state index contributed by atoms with van der Waals surface area (Å²) in [5, 5.41) is 13.7. The zero-order chi connectivity index (χ0) is 21.0. The fraction of sp³-hybridized carbons (Fsp3) is 0.250. The van der Waals surface area contributed by atoms with Gasteiger partial charge in [0, 0.05) is 30.8 Å². The number of non-ortho nitro benzene ring substituents is 1. The van der Waals surface area contributed by atoms with E-state index in [0.717, 1.165) is 0 Å². The van der Waals surface area contributed by atoms with Gasteiger partial charge in [-0.2, -0.15) is 0 Å². The summed E-state index contributed by atoms with van der Waals surface area (Å²) in [5.41, 5.74) is 1.13. The third kappa shape index (κ3) is 4.57. The van der Waals surface area contributed by atoms with Gasteiger partial charge in [-0.1, -0.05) is 6.07 Å². The first kappa shape index (κ1) is 20.0. The van der Waals surface area contributed by atoms with Crippen LogP contribution in [0.3, 0.4) is 0 Å². The Balaban J connectivity index is 1.65. The molecule has 1 aliphatic rings. The Bertz CT molecular complexity index is 957. The molecule has 0 aliphatic carbocycles. The molecule has 0 spiro atoms. The molecule has 0 unspecified atom stereocenters. The third-order valence-electron chi connectivity index (χ3n) is 4.51. The maximum absolute atomic E-state index is 12.5. The van der Waals surface area contributed by atoms with E-state index in [-0.39, 0.29) is 37.1 Å². The molecule has 2 aromatic carbocycles. The van der Waals surface area contributed by atoms with Crippen LogP contribution >= 0.6 is 0 Å². The highest BCUT2D eigenvalue weighted by molar-refractivity contribution is 6.03. The van der Waals surface area contributed by atoms with Gasteiger partial charge in [0.1, 0.15) is 0 Å². The van der Waals surface area contributed by atoms with E-state index in [1.54, 1.807) is 37.3 Å². The van der Waals surface area contributed by atoms with Crippen LogP contribution in [-0.2, 0) is 14.3 Å². The lowest BCUT2D eigenvalue weighted by Crippen LogP contribution is -2.28. The van der Waals surface area contributed by atoms with Crippen molar-refractivity contribution in [2.75, 3.05) is 23.4 Å². The molecule has 0 aromatic heterocycles. The monoisotopic (exact) mass is 397 g/mol. The highest BCUT2D eigenvalue weighted by Crippen LogP contribution is 2.28. The second kappa shape index (κ2) is 8.51. The molecule has 1 saturated heterocycles. The maximum Gasteiger partial charge on any atom is 0.338 e. The highest BCUT2D eigenvalue weighted by atomic mass is 16.6. The quantitative estimate of drug-likeness (QED) is 0.455. The molecule has 9 heteroatoms. The van der Waals surface area contributed by atoms with Crippen molar-refractivity contribution in [1.82, 2.24) is 0 Å². The van der Waals surface area contributed by atoms with Gasteiger partial charge in [-0.05, 0) is 37.3 Å². The van der Waals surface area contributed by atoms with Crippen LogP contribution in [0.2, 0.25) is 0 Å². The Morgan fingerprint density at radius 3 is 2.62 bits per heavy atom. The van der Waals surface area contributed by atoms with Crippen molar-refractivity contribution in [2.45, 2.75) is 13.3 Å². The molecule has 0 bridgehead atoms. The number of hydrogen-bond acceptors (Lipinski definition) is 6. The summed E-state index contributed by atoms with van der Waals surface area (Å²) in [6.45, 7) is 2.12. The van der Waals surface area contributed by atoms with Crippen LogP contribution in [-0.4, -0.2) is 35.9 Å². The van der Waals surface area contributed by atoms with E-state index in [9.17, 15) is 24.5 Å². The van der Waals surface area contributed by atoms with E-state index in [2.05, 4.69) is 5.32 Å². The van der Waals surface area contributed by atoms with Crippen LogP contribution in [0.15, 0.2) is 48.5 Å². The zero-order valence-corrected chi connectivity index (χ0v) is 15.7. The number of carbonyl (C=O) groups is 3. The Kier molecular flexibility index (Phi) is 5.87. The molecule has 2 amide bonds. The van der Waals surface area contributed by atoms with Crippen molar-refractivity contribution in [3.8, 4) is 0 Å². The molecule has 1 aliphatic heterocycles. The van der Waals surface area contributed by atoms with E-state index in [0.29, 0.717) is 16.9 Å². The second-order valence-corrected chi connectivity index (χ2v) is 6.47. The van der Waals surface area contributed by atoms with Crippen LogP contribution in [0.25, 0.3) is 0 Å². The summed E-state index contributed by atoms with van der Waals surface area (Å²) in [4.78, 5) is 48.3. The van der Waals surface area contributed by atoms with Crippen molar-refractivity contribution in [3.63, 3.8) is 0 Å². The summed E-state index contributed by atoms with van der Waals surface area (Å²) in [6.07, 6.45) is 0.00936. The number of nitrogens with zero attached hydrogens (tertiary/aromatic N) is 2. The fourth-order valence-electron chi connectivity index (χ4n) is 3.06. The maximum atomic E-state index is 12.5. The van der Waals surface area contributed by atoms with Gasteiger partial charge in [0.25, 0.3) is 5.69 Å². The summed E-state index contributed by atoms with van der Waals surface area (Å²) < 4.78 is 4.91. The number of benzene rings is 2. The Morgan fingerprint density at radius 2 is 1.97 bits per heavy atom. The summed E-state index contributed by atoms with van der Waals surface area (Å²) in [7, 11) is 0. The zero-order valence-electron chi connectivity index (χ0n) is 15.7. The number of amides is 2. The number of rotatable bonds is 6. The average Bonchev–Trinajstić information content (AvgIpc) is 3.10. The molecule has 0 saturated carbocycles. The van der Waals surface area contributed by atoms with E-state index in [1.165, 1.54) is 23.1 Å². The number of nitro groups is 1. The molecule has 0 radical (unpaired) electrons. The first-order valence-corrected chi connectivity index (χ1v) is 9.02. The van der Waals surface area contributed by atoms with Gasteiger partial charge < -0.3 is 15.0 Å². The molecule has 150 valence electrons. The van der Waals surface area contributed by atoms with Crippen LogP contribution in [0.5, 0.6) is 0 Å². The van der Waals surface area contributed by atoms with E-state index in [1.807, 2.05) is 0 Å². The minimum atomic E-state index is -0.591. The van der Waals surface area contributed by atoms with Gasteiger partial charge in [-0.25, -0.2) is 4.79 Å². The highest BCUT2D eigenvalue weighted by Gasteiger charge is 2.35. The van der Waals surface area contributed by atoms with Crippen molar-refractivity contribution in [2.24, 2.45) is 5.92 Å². The predicted octanol–water partition coefficient (Wildman–Crippen LogP) is 2.76. The first-order chi connectivity index (χ1) is 13.9. The molecule has 29 heavy (non-hydrogen) atoms. The number of nitrogens with one attached hydrogen (secondary N) is 1. The minimum Gasteiger partial charge on any atom is -0.462 e.